The molecule has 8 heteroatoms. The number of hydrogen-bond acceptors (Lipinski definition) is 4. The summed E-state index contributed by atoms with van der Waals surface area (Å²) in [5, 5.41) is 5.89. The summed E-state index contributed by atoms with van der Waals surface area (Å²) >= 11 is 0. The minimum absolute atomic E-state index is 0.0299. The minimum Gasteiger partial charge on any atom is -0.444 e. The number of halogens is 3. The first-order valence-electron chi connectivity index (χ1n) is 7.28. The van der Waals surface area contributed by atoms with Gasteiger partial charge in [-0.1, -0.05) is 0 Å². The van der Waals surface area contributed by atoms with Crippen LogP contribution in [0.25, 0.3) is 0 Å². The van der Waals surface area contributed by atoms with Crippen LogP contribution in [0.15, 0.2) is 5.10 Å². The van der Waals surface area contributed by atoms with Gasteiger partial charge in [0, 0.05) is 33.0 Å². The maximum Gasteiger partial charge on any atom is 0.410 e. The van der Waals surface area contributed by atoms with E-state index >= 15 is 0 Å². The van der Waals surface area contributed by atoms with Gasteiger partial charge in [0.1, 0.15) is 5.60 Å². The van der Waals surface area contributed by atoms with Crippen LogP contribution in [-0.4, -0.2) is 60.2 Å². The van der Waals surface area contributed by atoms with E-state index in [2.05, 4.69) is 5.10 Å². The lowest BCUT2D eigenvalue weighted by atomic mass is 10.2. The Kier molecular flexibility index (Phi) is 6.08. The molecule has 0 saturated heterocycles. The van der Waals surface area contributed by atoms with E-state index in [4.69, 9.17) is 4.74 Å². The van der Waals surface area contributed by atoms with Crippen LogP contribution in [-0.2, 0) is 4.74 Å². The Hall–Kier alpha value is -1.47. The van der Waals surface area contributed by atoms with Gasteiger partial charge in [-0.15, -0.1) is 0 Å². The van der Waals surface area contributed by atoms with E-state index in [-0.39, 0.29) is 13.0 Å². The molecular formula is C14H24F3N3O2. The number of hydrogen-bond donors (Lipinski definition) is 0. The first kappa shape index (κ1) is 18.6. The Bertz CT molecular complexity index is 417. The molecule has 0 unspecified atom stereocenters. The maximum atomic E-state index is 12.1. The van der Waals surface area contributed by atoms with Crippen LogP contribution in [0.4, 0.5) is 18.0 Å². The second-order valence-corrected chi connectivity index (χ2v) is 6.43. The predicted octanol–water partition coefficient (Wildman–Crippen LogP) is 3.26. The van der Waals surface area contributed by atoms with Crippen LogP contribution >= 0.6 is 0 Å². The fourth-order valence-electron chi connectivity index (χ4n) is 1.97. The lowest BCUT2D eigenvalue weighted by Gasteiger charge is -2.24. The molecule has 1 amide bonds. The summed E-state index contributed by atoms with van der Waals surface area (Å²) in [6.07, 6.45) is -4.68. The van der Waals surface area contributed by atoms with Crippen molar-refractivity contribution >= 4 is 11.8 Å². The first-order valence-corrected chi connectivity index (χ1v) is 7.28. The molecule has 128 valence electrons. The average molecular weight is 323 g/mol. The van der Waals surface area contributed by atoms with Gasteiger partial charge in [0.25, 0.3) is 0 Å². The van der Waals surface area contributed by atoms with Gasteiger partial charge in [-0.3, -0.25) is 5.01 Å². The molecule has 1 heterocycles. The van der Waals surface area contributed by atoms with Crippen molar-refractivity contribution in [2.75, 3.05) is 26.7 Å². The Morgan fingerprint density at radius 1 is 1.36 bits per heavy atom. The molecule has 0 radical (unpaired) electrons. The summed E-state index contributed by atoms with van der Waals surface area (Å²) in [4.78, 5) is 13.2. The molecule has 1 aliphatic heterocycles. The number of nitrogens with zero attached hydrogens (tertiary/aromatic N) is 3. The number of carbonyl (C=O) groups is 1. The number of carbonyl (C=O) groups excluding carboxylic acids is 1. The van der Waals surface area contributed by atoms with Gasteiger partial charge in [-0.2, -0.15) is 18.3 Å². The molecule has 0 atom stereocenters. The minimum atomic E-state index is -4.12. The third-order valence-corrected chi connectivity index (χ3v) is 2.94. The molecule has 22 heavy (non-hydrogen) atoms. The van der Waals surface area contributed by atoms with Gasteiger partial charge in [-0.05, 0) is 27.2 Å². The van der Waals surface area contributed by atoms with Crippen molar-refractivity contribution in [1.29, 1.82) is 0 Å². The van der Waals surface area contributed by atoms with Crippen molar-refractivity contribution in [3.05, 3.63) is 0 Å². The van der Waals surface area contributed by atoms with Gasteiger partial charge < -0.3 is 9.64 Å². The predicted molar refractivity (Wildman–Crippen MR) is 77.8 cm³/mol. The number of amides is 1. The highest BCUT2D eigenvalue weighted by Gasteiger charge is 2.27. The van der Waals surface area contributed by atoms with Crippen molar-refractivity contribution < 1.29 is 22.7 Å². The van der Waals surface area contributed by atoms with Gasteiger partial charge >= 0.3 is 12.3 Å². The van der Waals surface area contributed by atoms with Crippen molar-refractivity contribution in [3.8, 4) is 0 Å². The van der Waals surface area contributed by atoms with Gasteiger partial charge in [0.15, 0.2) is 0 Å². The summed E-state index contributed by atoms with van der Waals surface area (Å²) in [6, 6.07) is 0. The zero-order valence-corrected chi connectivity index (χ0v) is 13.5. The molecule has 0 spiro atoms. The SMILES string of the molecule is CN(CC1=NN(CCCC(F)(F)F)CC1)C(=O)OC(C)(C)C. The number of rotatable bonds is 5. The average Bonchev–Trinajstić information content (AvgIpc) is 2.72. The second kappa shape index (κ2) is 7.19. The zero-order valence-electron chi connectivity index (χ0n) is 13.5. The largest absolute Gasteiger partial charge is 0.444 e. The fourth-order valence-corrected chi connectivity index (χ4v) is 1.97. The van der Waals surface area contributed by atoms with E-state index < -0.39 is 24.3 Å². The quantitative estimate of drug-likeness (QED) is 0.780. The molecule has 0 aliphatic carbocycles. The Morgan fingerprint density at radius 3 is 2.55 bits per heavy atom. The van der Waals surface area contributed by atoms with Crippen molar-refractivity contribution in [2.24, 2.45) is 5.10 Å². The Balaban J connectivity index is 2.37. The first-order chi connectivity index (χ1) is 9.96. The van der Waals surface area contributed by atoms with Crippen molar-refractivity contribution in [3.63, 3.8) is 0 Å². The standard InChI is InChI=1S/C14H24F3N3O2/c1-13(2,3)22-12(21)19(4)10-11-6-9-20(18-11)8-5-7-14(15,16)17/h5-10H2,1-4H3. The van der Waals surface area contributed by atoms with Crippen LogP contribution in [0.5, 0.6) is 0 Å². The smallest absolute Gasteiger partial charge is 0.410 e. The highest BCUT2D eigenvalue weighted by Crippen LogP contribution is 2.22. The summed E-state index contributed by atoms with van der Waals surface area (Å²) in [6.45, 7) is 6.55. The molecule has 0 aromatic carbocycles. The van der Waals surface area contributed by atoms with Crippen LogP contribution in [0.3, 0.4) is 0 Å². The van der Waals surface area contributed by atoms with Crippen molar-refractivity contribution in [2.45, 2.75) is 51.8 Å². The second-order valence-electron chi connectivity index (χ2n) is 6.43. The Morgan fingerprint density at radius 2 is 2.00 bits per heavy atom. The van der Waals surface area contributed by atoms with E-state index in [1.54, 1.807) is 32.8 Å². The summed E-state index contributed by atoms with van der Waals surface area (Å²) in [5.41, 5.74) is 0.215. The Labute approximate surface area is 129 Å². The number of alkyl halides is 3. The van der Waals surface area contributed by atoms with Gasteiger partial charge in [0.05, 0.1) is 12.3 Å². The highest BCUT2D eigenvalue weighted by molar-refractivity contribution is 5.89. The molecule has 5 nitrogen and oxygen atoms in total. The van der Waals surface area contributed by atoms with E-state index in [9.17, 15) is 18.0 Å². The summed E-state index contributed by atoms with van der Waals surface area (Å²) in [5.74, 6) is 0. The van der Waals surface area contributed by atoms with E-state index in [1.165, 1.54) is 4.90 Å². The van der Waals surface area contributed by atoms with Gasteiger partial charge in [-0.25, -0.2) is 4.79 Å². The van der Waals surface area contributed by atoms with E-state index in [0.29, 0.717) is 19.5 Å². The zero-order chi connectivity index (χ0) is 17.0. The van der Waals surface area contributed by atoms with Gasteiger partial charge in [0.2, 0.25) is 0 Å². The van der Waals surface area contributed by atoms with Crippen LogP contribution in [0.2, 0.25) is 0 Å². The maximum absolute atomic E-state index is 12.1. The topological polar surface area (TPSA) is 45.1 Å². The van der Waals surface area contributed by atoms with Crippen molar-refractivity contribution in [1.82, 2.24) is 9.91 Å². The van der Waals surface area contributed by atoms with E-state index in [1.807, 2.05) is 0 Å². The molecule has 0 bridgehead atoms. The van der Waals surface area contributed by atoms with Crippen LogP contribution < -0.4 is 0 Å². The molecule has 0 fully saturated rings. The molecule has 0 N–H and O–H groups in total. The summed E-state index contributed by atoms with van der Waals surface area (Å²) < 4.78 is 41.5. The highest BCUT2D eigenvalue weighted by atomic mass is 19.4. The fraction of sp³-hybridized carbons (Fsp3) is 0.857. The molecular weight excluding hydrogens is 299 g/mol. The lowest BCUT2D eigenvalue weighted by molar-refractivity contribution is -0.136. The van der Waals surface area contributed by atoms with Crippen LogP contribution in [0, 0.1) is 0 Å². The molecule has 0 saturated carbocycles. The molecule has 1 aliphatic rings. The third-order valence-electron chi connectivity index (χ3n) is 2.94. The number of hydrazone groups is 1. The lowest BCUT2D eigenvalue weighted by Crippen LogP contribution is -2.36. The van der Waals surface area contributed by atoms with Crippen LogP contribution in [0.1, 0.15) is 40.0 Å². The molecule has 0 aromatic heterocycles. The van der Waals surface area contributed by atoms with E-state index in [0.717, 1.165) is 5.71 Å². The molecule has 0 aromatic rings. The monoisotopic (exact) mass is 323 g/mol. The number of ether oxygens (including phenoxy) is 1. The third kappa shape index (κ3) is 7.51. The molecule has 1 rings (SSSR count). The summed E-state index contributed by atoms with van der Waals surface area (Å²) in [7, 11) is 1.61. The normalized spacial score (nSPS) is 15.8.